The molecular weight excluding hydrogens is 402 g/mol. The first-order chi connectivity index (χ1) is 15.0. The van der Waals surface area contributed by atoms with Crippen molar-refractivity contribution in [3.05, 3.63) is 30.4 Å². The fourth-order valence-corrected chi connectivity index (χ4v) is 4.29. The molecule has 2 aliphatic carbocycles. The highest BCUT2D eigenvalue weighted by Crippen LogP contribution is 2.37. The zero-order chi connectivity index (χ0) is 21.5. The fraction of sp³-hybridized carbons (Fsp3) is 0.545. The first-order valence-electron chi connectivity index (χ1n) is 10.9. The van der Waals surface area contributed by atoms with Crippen molar-refractivity contribution in [3.63, 3.8) is 0 Å². The minimum Gasteiger partial charge on any atom is -0.431 e. The molecule has 0 bridgehead atoms. The molecule has 7 nitrogen and oxygen atoms in total. The van der Waals surface area contributed by atoms with Crippen molar-refractivity contribution in [1.29, 1.82) is 0 Å². The van der Waals surface area contributed by atoms with Crippen LogP contribution in [0.2, 0.25) is 0 Å². The quantitative estimate of drug-likeness (QED) is 0.728. The van der Waals surface area contributed by atoms with E-state index in [1.165, 1.54) is 24.6 Å². The minimum absolute atomic E-state index is 0.0570. The van der Waals surface area contributed by atoms with Gasteiger partial charge in [0.15, 0.2) is 11.6 Å². The van der Waals surface area contributed by atoms with Gasteiger partial charge in [0.2, 0.25) is 0 Å². The van der Waals surface area contributed by atoms with Gasteiger partial charge >= 0.3 is 6.61 Å². The Balaban J connectivity index is 1.39. The van der Waals surface area contributed by atoms with E-state index in [1.807, 2.05) is 6.20 Å². The highest BCUT2D eigenvalue weighted by molar-refractivity contribution is 5.66. The smallest absolute Gasteiger partial charge is 0.387 e. The highest BCUT2D eigenvalue weighted by Gasteiger charge is 2.31. The van der Waals surface area contributed by atoms with Crippen molar-refractivity contribution >= 4 is 11.5 Å². The van der Waals surface area contributed by atoms with Gasteiger partial charge in [0, 0.05) is 68.7 Å². The third-order valence-electron chi connectivity index (χ3n) is 6.46. The minimum atomic E-state index is -2.95. The molecule has 3 aliphatic rings. The number of anilines is 1. The van der Waals surface area contributed by atoms with E-state index >= 15 is 0 Å². The zero-order valence-corrected chi connectivity index (χ0v) is 17.7. The monoisotopic (exact) mass is 430 g/mol. The molecule has 0 aromatic carbocycles. The van der Waals surface area contributed by atoms with Gasteiger partial charge in [-0.15, -0.1) is 0 Å². The number of piperazine rings is 1. The van der Waals surface area contributed by atoms with Crippen LogP contribution in [0.1, 0.15) is 25.1 Å². The topological polar surface area (TPSA) is 72.4 Å². The Kier molecular flexibility index (Phi) is 5.39. The predicted octanol–water partition coefficient (Wildman–Crippen LogP) is 2.94. The van der Waals surface area contributed by atoms with Crippen LogP contribution in [0.15, 0.2) is 24.5 Å². The van der Waals surface area contributed by atoms with Crippen molar-refractivity contribution in [1.82, 2.24) is 24.3 Å². The Labute approximate surface area is 180 Å². The van der Waals surface area contributed by atoms with Crippen molar-refractivity contribution in [2.75, 3.05) is 39.0 Å². The average Bonchev–Trinajstić information content (AvgIpc) is 3.42. The molecule has 0 radical (unpaired) electrons. The molecule has 5 rings (SSSR count). The van der Waals surface area contributed by atoms with Crippen molar-refractivity contribution in [3.8, 4) is 17.0 Å². The van der Waals surface area contributed by atoms with Crippen LogP contribution >= 0.6 is 0 Å². The molecule has 31 heavy (non-hydrogen) atoms. The highest BCUT2D eigenvalue weighted by atomic mass is 19.3. The summed E-state index contributed by atoms with van der Waals surface area (Å²) in [6.45, 7) is 1.45. The maximum Gasteiger partial charge on any atom is 0.387 e. The number of imidazole rings is 1. The molecule has 2 fully saturated rings. The van der Waals surface area contributed by atoms with Gasteiger partial charge in [-0.05, 0) is 37.9 Å². The summed E-state index contributed by atoms with van der Waals surface area (Å²) < 4.78 is 32.1. The third kappa shape index (κ3) is 4.43. The lowest BCUT2D eigenvalue weighted by Gasteiger charge is -2.41. The lowest BCUT2D eigenvalue weighted by atomic mass is 9.96. The van der Waals surface area contributed by atoms with Crippen molar-refractivity contribution in [2.24, 2.45) is 5.92 Å². The largest absolute Gasteiger partial charge is 0.431 e. The summed E-state index contributed by atoms with van der Waals surface area (Å²) in [4.78, 5) is 13.8. The van der Waals surface area contributed by atoms with E-state index in [1.54, 1.807) is 6.20 Å². The predicted molar refractivity (Wildman–Crippen MR) is 115 cm³/mol. The number of hydrogen-bond acceptors (Lipinski definition) is 6. The number of nitrogen functional groups attached to an aromatic ring is 1. The van der Waals surface area contributed by atoms with Crippen LogP contribution in [-0.2, 0) is 6.42 Å². The second-order valence-electron chi connectivity index (χ2n) is 8.81. The average molecular weight is 431 g/mol. The van der Waals surface area contributed by atoms with Crippen molar-refractivity contribution in [2.45, 2.75) is 38.3 Å². The molecule has 1 saturated heterocycles. The number of halogens is 2. The van der Waals surface area contributed by atoms with Crippen molar-refractivity contribution < 1.29 is 13.5 Å². The van der Waals surface area contributed by atoms with Gasteiger partial charge in [-0.2, -0.15) is 8.78 Å². The number of nitrogens with two attached hydrogens (primary N) is 1. The maximum absolute atomic E-state index is 12.7. The van der Waals surface area contributed by atoms with E-state index in [-0.39, 0.29) is 11.6 Å². The molecule has 3 heterocycles. The maximum atomic E-state index is 12.7. The Morgan fingerprint density at radius 2 is 1.97 bits per heavy atom. The molecular formula is C22H28F2N6O. The summed E-state index contributed by atoms with van der Waals surface area (Å²) in [5.41, 5.74) is 8.26. The molecule has 0 spiro atoms. The number of rotatable bonds is 7. The molecule has 1 atom stereocenters. The summed E-state index contributed by atoms with van der Waals surface area (Å²) in [6.07, 6.45) is 10.3. The summed E-state index contributed by atoms with van der Waals surface area (Å²) in [5.74, 6) is 1.53. The second-order valence-corrected chi connectivity index (χ2v) is 8.81. The van der Waals surface area contributed by atoms with Gasteiger partial charge in [0.1, 0.15) is 5.82 Å². The van der Waals surface area contributed by atoms with Crippen LogP contribution in [0.5, 0.6) is 5.75 Å². The standard InChI is InChI=1S/C22H28F2N6O/c1-28-4-6-29(7-5-28)16-10-17(11-16)30-13-18(27-20(30)8-14-2-3-14)15-9-19(31-22(23)24)21(25)26-12-15/h9-10,12-14,16,22H,2-8,11H2,1H3,(H2,25,26). The fourth-order valence-electron chi connectivity index (χ4n) is 4.29. The molecule has 0 amide bonds. The van der Waals surface area contributed by atoms with Gasteiger partial charge in [0.25, 0.3) is 0 Å². The molecule has 166 valence electrons. The van der Waals surface area contributed by atoms with E-state index in [4.69, 9.17) is 10.7 Å². The SMILES string of the molecule is CN1CCN(C2C=C(n3cc(-c4cnc(N)c(OC(F)F)c4)nc3CC3CC3)C2)CC1. The summed E-state index contributed by atoms with van der Waals surface area (Å²) in [6, 6.07) is 1.97. The number of likely N-dealkylation sites (N-methyl/N-ethyl adjacent to an activating group) is 1. The molecule has 9 heteroatoms. The first kappa shape index (κ1) is 20.4. The van der Waals surface area contributed by atoms with E-state index in [0.717, 1.165) is 44.8 Å². The normalized spacial score (nSPS) is 22.5. The van der Waals surface area contributed by atoms with Gasteiger partial charge in [-0.3, -0.25) is 4.90 Å². The van der Waals surface area contributed by atoms with Crippen LogP contribution in [0.3, 0.4) is 0 Å². The number of alkyl halides is 2. The van der Waals surface area contributed by atoms with Crippen LogP contribution in [0.25, 0.3) is 17.0 Å². The van der Waals surface area contributed by atoms with Crippen LogP contribution in [0, 0.1) is 5.92 Å². The third-order valence-corrected chi connectivity index (χ3v) is 6.46. The summed E-state index contributed by atoms with van der Waals surface area (Å²) in [5, 5.41) is 0. The molecule has 1 aliphatic heterocycles. The molecule has 1 saturated carbocycles. The Morgan fingerprint density at radius 3 is 2.65 bits per heavy atom. The van der Waals surface area contributed by atoms with Crippen LogP contribution in [-0.4, -0.2) is 70.2 Å². The lowest BCUT2D eigenvalue weighted by Crippen LogP contribution is -2.50. The van der Waals surface area contributed by atoms with Crippen LogP contribution in [0.4, 0.5) is 14.6 Å². The molecule has 2 N–H and O–H groups in total. The second kappa shape index (κ2) is 8.20. The van der Waals surface area contributed by atoms with Gasteiger partial charge < -0.3 is 19.9 Å². The summed E-state index contributed by atoms with van der Waals surface area (Å²) in [7, 11) is 2.17. The number of aromatic nitrogens is 3. The molecule has 2 aromatic rings. The van der Waals surface area contributed by atoms with Gasteiger partial charge in [-0.25, -0.2) is 9.97 Å². The van der Waals surface area contributed by atoms with E-state index in [0.29, 0.717) is 23.2 Å². The van der Waals surface area contributed by atoms with E-state index in [9.17, 15) is 8.78 Å². The number of hydrogen-bond donors (Lipinski definition) is 1. The summed E-state index contributed by atoms with van der Waals surface area (Å²) >= 11 is 0. The Bertz CT molecular complexity index is 978. The van der Waals surface area contributed by atoms with Crippen LogP contribution < -0.4 is 10.5 Å². The van der Waals surface area contributed by atoms with E-state index < -0.39 is 6.61 Å². The molecule has 1 unspecified atom stereocenters. The number of nitrogens with zero attached hydrogens (tertiary/aromatic N) is 5. The van der Waals surface area contributed by atoms with Gasteiger partial charge in [0.05, 0.1) is 5.69 Å². The first-order valence-corrected chi connectivity index (χ1v) is 10.9. The zero-order valence-electron chi connectivity index (χ0n) is 17.7. The number of pyridine rings is 1. The number of ether oxygens (including phenoxy) is 1. The molecule has 2 aromatic heterocycles. The van der Waals surface area contributed by atoms with Gasteiger partial charge in [-0.1, -0.05) is 0 Å². The Morgan fingerprint density at radius 1 is 1.23 bits per heavy atom. The van der Waals surface area contributed by atoms with E-state index in [2.05, 4.69) is 37.2 Å². The Hall–Kier alpha value is -2.52. The lowest BCUT2D eigenvalue weighted by molar-refractivity contribution is -0.0494.